The van der Waals surface area contributed by atoms with E-state index in [-0.39, 0.29) is 17.7 Å². The van der Waals surface area contributed by atoms with Crippen LogP contribution < -0.4 is 10.1 Å². The van der Waals surface area contributed by atoms with Crippen molar-refractivity contribution in [1.29, 1.82) is 0 Å². The van der Waals surface area contributed by atoms with E-state index in [1.165, 1.54) is 40.9 Å². The minimum absolute atomic E-state index is 0.197. The van der Waals surface area contributed by atoms with Crippen LogP contribution in [0.25, 0.3) is 0 Å². The third kappa shape index (κ3) is 5.35. The Bertz CT molecular complexity index is 1220. The number of nitrogens with one attached hydrogen (secondary N) is 1. The highest BCUT2D eigenvalue weighted by molar-refractivity contribution is 7.12. The Balaban J connectivity index is 1.33. The number of hydrogen-bond acceptors (Lipinski definition) is 5. The van der Waals surface area contributed by atoms with E-state index >= 15 is 0 Å². The van der Waals surface area contributed by atoms with Crippen LogP contribution in [-0.2, 0) is 13.2 Å². The maximum atomic E-state index is 13.3. The summed E-state index contributed by atoms with van der Waals surface area (Å²) in [7, 11) is 0. The second-order valence-corrected chi connectivity index (χ2v) is 8.11. The summed E-state index contributed by atoms with van der Waals surface area (Å²) < 4.78 is 20.7. The Morgan fingerprint density at radius 2 is 2.00 bits per heavy atom. The lowest BCUT2D eigenvalue weighted by Crippen LogP contribution is -2.12. The van der Waals surface area contributed by atoms with Crippen molar-refractivity contribution in [2.45, 2.75) is 27.0 Å². The molecule has 0 aliphatic rings. The number of amides is 1. The smallest absolute Gasteiger partial charge is 0.268 e. The molecule has 0 saturated carbocycles. The molecular formula is C23H21FN4O2S. The number of anilines is 1. The quantitative estimate of drug-likeness (QED) is 0.444. The van der Waals surface area contributed by atoms with Crippen molar-refractivity contribution in [2.75, 3.05) is 5.32 Å². The molecule has 0 spiro atoms. The number of ether oxygens (including phenoxy) is 1. The minimum atomic E-state index is -0.305. The van der Waals surface area contributed by atoms with Crippen molar-refractivity contribution in [3.63, 3.8) is 0 Å². The molecule has 2 aromatic heterocycles. The van der Waals surface area contributed by atoms with Crippen LogP contribution in [0, 0.1) is 19.7 Å². The average Bonchev–Trinajstić information content (AvgIpc) is 3.38. The molecule has 0 unspecified atom stereocenters. The number of nitrogens with zero attached hydrogens (tertiary/aromatic N) is 3. The molecule has 2 aromatic carbocycles. The second kappa shape index (κ2) is 9.09. The lowest BCUT2D eigenvalue weighted by atomic mass is 10.1. The average molecular weight is 437 g/mol. The summed E-state index contributed by atoms with van der Waals surface area (Å²) in [5.74, 6) is 0.406. The molecule has 158 valence electrons. The number of halogens is 1. The van der Waals surface area contributed by atoms with Crippen LogP contribution in [0.5, 0.6) is 5.75 Å². The predicted octanol–water partition coefficient (Wildman–Crippen LogP) is 4.98. The van der Waals surface area contributed by atoms with Crippen molar-refractivity contribution in [3.8, 4) is 5.75 Å². The summed E-state index contributed by atoms with van der Waals surface area (Å²) in [6.07, 6.45) is 1.50. The number of rotatable bonds is 7. The van der Waals surface area contributed by atoms with Crippen LogP contribution in [0.15, 0.2) is 60.2 Å². The Morgan fingerprint density at radius 1 is 1.13 bits per heavy atom. The number of thiophene rings is 1. The van der Waals surface area contributed by atoms with Gasteiger partial charge in [-0.2, -0.15) is 0 Å². The highest BCUT2D eigenvalue weighted by Crippen LogP contribution is 2.21. The highest BCUT2D eigenvalue weighted by Gasteiger charge is 2.13. The molecule has 0 bridgehead atoms. The van der Waals surface area contributed by atoms with Gasteiger partial charge in [0, 0.05) is 5.56 Å². The predicted molar refractivity (Wildman–Crippen MR) is 118 cm³/mol. The molecule has 0 radical (unpaired) electrons. The van der Waals surface area contributed by atoms with Crippen LogP contribution >= 0.6 is 11.3 Å². The molecule has 0 fully saturated rings. The summed E-state index contributed by atoms with van der Waals surface area (Å²) in [6.45, 7) is 4.84. The number of aryl methyl sites for hydroxylation is 2. The fourth-order valence-electron chi connectivity index (χ4n) is 2.95. The zero-order valence-electron chi connectivity index (χ0n) is 17.1. The monoisotopic (exact) mass is 436 g/mol. The molecule has 2 heterocycles. The van der Waals surface area contributed by atoms with E-state index in [9.17, 15) is 9.18 Å². The molecular weight excluding hydrogens is 415 g/mol. The normalized spacial score (nSPS) is 10.8. The molecule has 31 heavy (non-hydrogen) atoms. The maximum absolute atomic E-state index is 13.3. The molecule has 1 amide bonds. The van der Waals surface area contributed by atoms with E-state index < -0.39 is 0 Å². The lowest BCUT2D eigenvalue weighted by molar-refractivity contribution is 0.102. The summed E-state index contributed by atoms with van der Waals surface area (Å²) in [4.78, 5) is 17.2. The van der Waals surface area contributed by atoms with Crippen LogP contribution in [0.2, 0.25) is 0 Å². The van der Waals surface area contributed by atoms with E-state index in [1.54, 1.807) is 22.9 Å². The maximum Gasteiger partial charge on any atom is 0.268 e. The molecule has 0 aliphatic carbocycles. The molecule has 1 N–H and O–H groups in total. The van der Waals surface area contributed by atoms with Gasteiger partial charge < -0.3 is 4.74 Å². The molecule has 6 nitrogen and oxygen atoms in total. The van der Waals surface area contributed by atoms with Gasteiger partial charge >= 0.3 is 0 Å². The number of carbonyl (C=O) groups is 1. The van der Waals surface area contributed by atoms with Gasteiger partial charge in [-0.3, -0.25) is 10.1 Å². The molecule has 0 atom stereocenters. The summed E-state index contributed by atoms with van der Waals surface area (Å²) in [5, 5.41) is 8.81. The van der Waals surface area contributed by atoms with Gasteiger partial charge in [0.25, 0.3) is 5.91 Å². The van der Waals surface area contributed by atoms with Gasteiger partial charge in [0.2, 0.25) is 5.95 Å². The van der Waals surface area contributed by atoms with Gasteiger partial charge in [-0.25, -0.2) is 14.1 Å². The molecule has 0 aliphatic heterocycles. The minimum Gasteiger partial charge on any atom is -0.489 e. The first kappa shape index (κ1) is 20.7. The Morgan fingerprint density at radius 3 is 2.81 bits per heavy atom. The van der Waals surface area contributed by atoms with Crippen molar-refractivity contribution >= 4 is 23.2 Å². The van der Waals surface area contributed by atoms with E-state index in [0.29, 0.717) is 18.0 Å². The Hall–Kier alpha value is -3.52. The largest absolute Gasteiger partial charge is 0.489 e. The van der Waals surface area contributed by atoms with E-state index in [0.717, 1.165) is 16.9 Å². The second-order valence-electron chi connectivity index (χ2n) is 7.20. The zero-order chi connectivity index (χ0) is 21.8. The number of carbonyl (C=O) groups excluding carboxylic acids is 1. The zero-order valence-corrected chi connectivity index (χ0v) is 17.9. The highest BCUT2D eigenvalue weighted by atomic mass is 32.1. The van der Waals surface area contributed by atoms with Crippen molar-refractivity contribution in [2.24, 2.45) is 0 Å². The summed E-state index contributed by atoms with van der Waals surface area (Å²) in [6, 6.07) is 14.0. The number of aromatic nitrogens is 3. The fourth-order valence-corrected chi connectivity index (χ4v) is 3.75. The van der Waals surface area contributed by atoms with Gasteiger partial charge in [-0.15, -0.1) is 16.4 Å². The van der Waals surface area contributed by atoms with Gasteiger partial charge in [-0.05, 0) is 66.2 Å². The standard InChI is InChI=1S/C23H21FN4O2S/c1-15-6-7-20(8-16(15)2)30-12-18-10-21(31-13-18)22(29)26-23-25-14-28(27-23)11-17-4-3-5-19(24)9-17/h3-10,13-14H,11-12H2,1-2H3,(H,26,27,29). The Labute approximate surface area is 183 Å². The fraction of sp³-hybridized carbons (Fsp3) is 0.174. The summed E-state index contributed by atoms with van der Waals surface area (Å²) in [5.41, 5.74) is 4.06. The molecule has 8 heteroatoms. The number of hydrogen-bond donors (Lipinski definition) is 1. The summed E-state index contributed by atoms with van der Waals surface area (Å²) >= 11 is 1.33. The van der Waals surface area contributed by atoms with Crippen molar-refractivity contribution in [3.05, 3.63) is 93.2 Å². The van der Waals surface area contributed by atoms with Crippen molar-refractivity contribution in [1.82, 2.24) is 14.8 Å². The first-order valence-corrected chi connectivity index (χ1v) is 10.6. The van der Waals surface area contributed by atoms with E-state index in [2.05, 4.69) is 22.3 Å². The topological polar surface area (TPSA) is 69.0 Å². The van der Waals surface area contributed by atoms with Crippen molar-refractivity contribution < 1.29 is 13.9 Å². The number of benzene rings is 2. The van der Waals surface area contributed by atoms with Gasteiger partial charge in [-0.1, -0.05) is 18.2 Å². The first-order chi connectivity index (χ1) is 15.0. The van der Waals surface area contributed by atoms with Crippen LogP contribution in [-0.4, -0.2) is 20.7 Å². The molecule has 0 saturated heterocycles. The molecule has 4 rings (SSSR count). The van der Waals surface area contributed by atoms with Crippen LogP contribution in [0.3, 0.4) is 0 Å². The van der Waals surface area contributed by atoms with Gasteiger partial charge in [0.05, 0.1) is 11.4 Å². The third-order valence-corrected chi connectivity index (χ3v) is 5.73. The Kier molecular flexibility index (Phi) is 6.08. The van der Waals surface area contributed by atoms with Crippen LogP contribution in [0.1, 0.15) is 31.9 Å². The van der Waals surface area contributed by atoms with Crippen LogP contribution in [0.4, 0.5) is 10.3 Å². The van der Waals surface area contributed by atoms with Gasteiger partial charge in [0.15, 0.2) is 0 Å². The first-order valence-electron chi connectivity index (χ1n) is 9.69. The lowest BCUT2D eigenvalue weighted by Gasteiger charge is -2.07. The third-order valence-electron chi connectivity index (χ3n) is 4.76. The van der Waals surface area contributed by atoms with E-state index in [4.69, 9.17) is 4.74 Å². The molecule has 4 aromatic rings. The van der Waals surface area contributed by atoms with E-state index in [1.807, 2.05) is 30.5 Å². The van der Waals surface area contributed by atoms with Gasteiger partial charge in [0.1, 0.15) is 24.5 Å². The SMILES string of the molecule is Cc1ccc(OCc2csc(C(=O)Nc3ncn(Cc4cccc(F)c4)n3)c2)cc1C.